The number of benzene rings is 1. The first kappa shape index (κ1) is 13.8. The standard InChI is InChI=1S/C16H23N3/c1-4-13(2)19-11-10-16(18-19)12-17-14(3)15-8-6-5-7-9-15/h5-11,13-14,17H,4,12H2,1-3H3/t13?,14-/m1/s1. The Balaban J connectivity index is 1.90. The first-order chi connectivity index (χ1) is 9.20. The van der Waals surface area contributed by atoms with Gasteiger partial charge >= 0.3 is 0 Å². The summed E-state index contributed by atoms with van der Waals surface area (Å²) in [5.74, 6) is 0. The minimum absolute atomic E-state index is 0.343. The van der Waals surface area contributed by atoms with Crippen molar-refractivity contribution in [1.82, 2.24) is 15.1 Å². The van der Waals surface area contributed by atoms with Crippen LogP contribution in [0.1, 0.15) is 50.5 Å². The monoisotopic (exact) mass is 257 g/mol. The summed E-state index contributed by atoms with van der Waals surface area (Å²) in [4.78, 5) is 0. The summed E-state index contributed by atoms with van der Waals surface area (Å²) in [6, 6.07) is 13.4. The van der Waals surface area contributed by atoms with Gasteiger partial charge in [-0.2, -0.15) is 5.10 Å². The second kappa shape index (κ2) is 6.53. The van der Waals surface area contributed by atoms with Crippen LogP contribution in [0.3, 0.4) is 0 Å². The average molecular weight is 257 g/mol. The second-order valence-electron chi connectivity index (χ2n) is 5.06. The summed E-state index contributed by atoms with van der Waals surface area (Å²) in [6.07, 6.45) is 3.17. The Kier molecular flexibility index (Phi) is 4.74. The smallest absolute Gasteiger partial charge is 0.0762 e. The van der Waals surface area contributed by atoms with E-state index in [1.807, 2.05) is 10.7 Å². The Bertz CT molecular complexity index is 490. The molecule has 0 saturated heterocycles. The summed E-state index contributed by atoms with van der Waals surface area (Å²) >= 11 is 0. The normalized spacial score (nSPS) is 14.3. The van der Waals surface area contributed by atoms with Gasteiger partial charge in [-0.05, 0) is 31.9 Å². The van der Waals surface area contributed by atoms with Crippen molar-refractivity contribution in [3.63, 3.8) is 0 Å². The van der Waals surface area contributed by atoms with E-state index in [1.165, 1.54) is 5.56 Å². The van der Waals surface area contributed by atoms with E-state index in [2.05, 4.69) is 67.7 Å². The molecule has 0 spiro atoms. The molecule has 0 aliphatic carbocycles. The third-order valence-electron chi connectivity index (χ3n) is 3.59. The molecular formula is C16H23N3. The van der Waals surface area contributed by atoms with Crippen molar-refractivity contribution in [2.45, 2.75) is 45.8 Å². The fraction of sp³-hybridized carbons (Fsp3) is 0.438. The van der Waals surface area contributed by atoms with E-state index in [0.717, 1.165) is 18.7 Å². The molecule has 1 heterocycles. The van der Waals surface area contributed by atoms with Crippen molar-refractivity contribution in [3.05, 3.63) is 53.9 Å². The molecule has 102 valence electrons. The molecule has 3 nitrogen and oxygen atoms in total. The first-order valence-electron chi connectivity index (χ1n) is 7.03. The van der Waals surface area contributed by atoms with Crippen molar-refractivity contribution in [3.8, 4) is 0 Å². The molecule has 0 amide bonds. The van der Waals surface area contributed by atoms with Crippen LogP contribution in [-0.4, -0.2) is 9.78 Å². The Morgan fingerprint density at radius 2 is 1.89 bits per heavy atom. The molecule has 2 aromatic rings. The molecule has 2 rings (SSSR count). The maximum atomic E-state index is 4.60. The van der Waals surface area contributed by atoms with Gasteiger partial charge in [0.2, 0.25) is 0 Å². The molecule has 0 fully saturated rings. The number of aromatic nitrogens is 2. The molecule has 0 radical (unpaired) electrons. The van der Waals surface area contributed by atoms with Crippen molar-refractivity contribution in [1.29, 1.82) is 0 Å². The molecule has 1 aromatic heterocycles. The SMILES string of the molecule is CCC(C)n1ccc(CN[C@H](C)c2ccccc2)n1. The topological polar surface area (TPSA) is 29.9 Å². The highest BCUT2D eigenvalue weighted by Gasteiger charge is 2.07. The molecule has 0 aliphatic rings. The number of nitrogens with one attached hydrogen (secondary N) is 1. The molecule has 3 heteroatoms. The molecule has 0 bridgehead atoms. The van der Waals surface area contributed by atoms with Crippen LogP contribution >= 0.6 is 0 Å². The minimum Gasteiger partial charge on any atom is -0.304 e. The molecule has 0 aliphatic heterocycles. The zero-order valence-corrected chi connectivity index (χ0v) is 12.0. The summed E-state index contributed by atoms with van der Waals surface area (Å²) in [5, 5.41) is 8.11. The Morgan fingerprint density at radius 3 is 2.58 bits per heavy atom. The van der Waals surface area contributed by atoms with E-state index >= 15 is 0 Å². The number of hydrogen-bond acceptors (Lipinski definition) is 2. The van der Waals surface area contributed by atoms with E-state index < -0.39 is 0 Å². The van der Waals surface area contributed by atoms with Crippen molar-refractivity contribution >= 4 is 0 Å². The molecular weight excluding hydrogens is 234 g/mol. The van der Waals surface area contributed by atoms with E-state index in [9.17, 15) is 0 Å². The van der Waals surface area contributed by atoms with Gasteiger partial charge in [0.15, 0.2) is 0 Å². The number of nitrogens with zero attached hydrogens (tertiary/aromatic N) is 2. The zero-order valence-electron chi connectivity index (χ0n) is 12.0. The number of rotatable bonds is 6. The van der Waals surface area contributed by atoms with Crippen LogP contribution in [0.2, 0.25) is 0 Å². The van der Waals surface area contributed by atoms with Crippen LogP contribution in [0.4, 0.5) is 0 Å². The van der Waals surface area contributed by atoms with Gasteiger partial charge < -0.3 is 5.32 Å². The van der Waals surface area contributed by atoms with E-state index in [-0.39, 0.29) is 0 Å². The minimum atomic E-state index is 0.343. The van der Waals surface area contributed by atoms with Gasteiger partial charge in [0.25, 0.3) is 0 Å². The van der Waals surface area contributed by atoms with Crippen LogP contribution in [0.25, 0.3) is 0 Å². The maximum absolute atomic E-state index is 4.60. The Labute approximate surface area is 115 Å². The predicted octanol–water partition coefficient (Wildman–Crippen LogP) is 3.70. The highest BCUT2D eigenvalue weighted by Crippen LogP contribution is 2.13. The fourth-order valence-electron chi connectivity index (χ4n) is 2.02. The lowest BCUT2D eigenvalue weighted by Crippen LogP contribution is -2.18. The highest BCUT2D eigenvalue weighted by molar-refractivity contribution is 5.18. The third-order valence-corrected chi connectivity index (χ3v) is 3.59. The van der Waals surface area contributed by atoms with Crippen molar-refractivity contribution in [2.75, 3.05) is 0 Å². The third kappa shape index (κ3) is 3.67. The van der Waals surface area contributed by atoms with Gasteiger partial charge in [-0.25, -0.2) is 0 Å². The summed E-state index contributed by atoms with van der Waals surface area (Å²) in [6.45, 7) is 7.36. The van der Waals surface area contributed by atoms with Gasteiger partial charge in [-0.1, -0.05) is 37.3 Å². The predicted molar refractivity (Wildman–Crippen MR) is 78.9 cm³/mol. The molecule has 0 saturated carbocycles. The maximum Gasteiger partial charge on any atom is 0.0762 e. The van der Waals surface area contributed by atoms with Gasteiger partial charge in [0, 0.05) is 24.8 Å². The Morgan fingerprint density at radius 1 is 1.16 bits per heavy atom. The van der Waals surface area contributed by atoms with Gasteiger partial charge in [0.1, 0.15) is 0 Å². The lowest BCUT2D eigenvalue weighted by atomic mass is 10.1. The summed E-state index contributed by atoms with van der Waals surface area (Å²) in [7, 11) is 0. The van der Waals surface area contributed by atoms with Gasteiger partial charge in [-0.15, -0.1) is 0 Å². The van der Waals surface area contributed by atoms with Crippen LogP contribution in [-0.2, 0) is 6.54 Å². The second-order valence-corrected chi connectivity index (χ2v) is 5.06. The zero-order chi connectivity index (χ0) is 13.7. The largest absolute Gasteiger partial charge is 0.304 e. The van der Waals surface area contributed by atoms with Gasteiger partial charge in [-0.3, -0.25) is 4.68 Å². The van der Waals surface area contributed by atoms with Crippen LogP contribution in [0.5, 0.6) is 0 Å². The van der Waals surface area contributed by atoms with E-state index in [1.54, 1.807) is 0 Å². The molecule has 1 unspecified atom stereocenters. The molecule has 19 heavy (non-hydrogen) atoms. The lowest BCUT2D eigenvalue weighted by Gasteiger charge is -2.13. The highest BCUT2D eigenvalue weighted by atomic mass is 15.3. The quantitative estimate of drug-likeness (QED) is 0.855. The van der Waals surface area contributed by atoms with E-state index in [4.69, 9.17) is 0 Å². The van der Waals surface area contributed by atoms with Crippen LogP contribution in [0, 0.1) is 0 Å². The number of hydrogen-bond donors (Lipinski definition) is 1. The molecule has 2 atom stereocenters. The van der Waals surface area contributed by atoms with Crippen LogP contribution in [0.15, 0.2) is 42.6 Å². The van der Waals surface area contributed by atoms with Crippen molar-refractivity contribution < 1.29 is 0 Å². The Hall–Kier alpha value is -1.61. The molecule has 1 aromatic carbocycles. The first-order valence-corrected chi connectivity index (χ1v) is 7.03. The van der Waals surface area contributed by atoms with Gasteiger partial charge in [0.05, 0.1) is 5.69 Å². The van der Waals surface area contributed by atoms with E-state index in [0.29, 0.717) is 12.1 Å². The lowest BCUT2D eigenvalue weighted by molar-refractivity contribution is 0.468. The fourth-order valence-corrected chi connectivity index (χ4v) is 2.02. The average Bonchev–Trinajstić information content (AvgIpc) is 2.93. The summed E-state index contributed by atoms with van der Waals surface area (Å²) in [5.41, 5.74) is 2.41. The summed E-state index contributed by atoms with van der Waals surface area (Å²) < 4.78 is 2.05. The van der Waals surface area contributed by atoms with Crippen LogP contribution < -0.4 is 5.32 Å². The van der Waals surface area contributed by atoms with Crippen molar-refractivity contribution in [2.24, 2.45) is 0 Å². The molecule has 1 N–H and O–H groups in total.